The molecule has 0 atom stereocenters. The Hall–Kier alpha value is -1.95. The number of methoxy groups -OCH3 is 1. The van der Waals surface area contributed by atoms with Crippen LogP contribution in [0.5, 0.6) is 5.75 Å². The molecule has 1 heterocycles. The van der Waals surface area contributed by atoms with Crippen molar-refractivity contribution in [3.63, 3.8) is 0 Å². The van der Waals surface area contributed by atoms with Crippen LogP contribution >= 0.6 is 15.9 Å². The minimum absolute atomic E-state index is 0.121. The summed E-state index contributed by atoms with van der Waals surface area (Å²) in [7, 11) is 1.49. The number of nitrogens with zero attached hydrogens (tertiary/aromatic N) is 1. The molecule has 1 aromatic carbocycles. The number of hydrogen-bond donors (Lipinski definition) is 1. The maximum atomic E-state index is 13.4. The van der Waals surface area contributed by atoms with Gasteiger partial charge in [-0.3, -0.25) is 4.79 Å². The Morgan fingerprint density at radius 3 is 2.89 bits per heavy atom. The van der Waals surface area contributed by atoms with Crippen LogP contribution in [-0.4, -0.2) is 18.0 Å². The van der Waals surface area contributed by atoms with Gasteiger partial charge >= 0.3 is 0 Å². The van der Waals surface area contributed by atoms with Crippen molar-refractivity contribution in [3.05, 3.63) is 52.5 Å². The van der Waals surface area contributed by atoms with Crippen molar-refractivity contribution in [3.8, 4) is 5.75 Å². The van der Waals surface area contributed by atoms with Crippen LogP contribution in [0.2, 0.25) is 0 Å². The smallest absolute Gasteiger partial charge is 0.260 e. The molecular formula is C13H10BrFN2O2. The number of aromatic nitrogens is 1. The Kier molecular flexibility index (Phi) is 4.11. The van der Waals surface area contributed by atoms with E-state index in [1.54, 1.807) is 18.2 Å². The molecule has 0 radical (unpaired) electrons. The zero-order chi connectivity index (χ0) is 13.8. The van der Waals surface area contributed by atoms with Crippen LogP contribution in [0.3, 0.4) is 0 Å². The normalized spacial score (nSPS) is 10.1. The van der Waals surface area contributed by atoms with Gasteiger partial charge in [0.1, 0.15) is 5.75 Å². The summed E-state index contributed by atoms with van der Waals surface area (Å²) in [5.41, 5.74) is 0.328. The minimum atomic E-state index is -0.811. The van der Waals surface area contributed by atoms with Crippen molar-refractivity contribution in [1.29, 1.82) is 0 Å². The predicted octanol–water partition coefficient (Wildman–Crippen LogP) is 3.24. The molecule has 6 heteroatoms. The monoisotopic (exact) mass is 324 g/mol. The lowest BCUT2D eigenvalue weighted by molar-refractivity contribution is 0.102. The van der Waals surface area contributed by atoms with Crippen molar-refractivity contribution >= 4 is 27.5 Å². The molecule has 1 aromatic heterocycles. The highest BCUT2D eigenvalue weighted by atomic mass is 79.9. The molecule has 2 aromatic rings. The van der Waals surface area contributed by atoms with Crippen LogP contribution < -0.4 is 10.1 Å². The number of ether oxygens (including phenoxy) is 1. The number of carbonyl (C=O) groups is 1. The molecule has 98 valence electrons. The first-order valence-electron chi connectivity index (χ1n) is 5.37. The third-order valence-electron chi connectivity index (χ3n) is 2.41. The van der Waals surface area contributed by atoms with Gasteiger partial charge in [-0.15, -0.1) is 0 Å². The molecule has 4 nitrogen and oxygen atoms in total. The van der Waals surface area contributed by atoms with Crippen molar-refractivity contribution in [2.45, 2.75) is 0 Å². The number of amides is 1. The molecule has 0 unspecified atom stereocenters. The molecule has 0 aliphatic heterocycles. The summed E-state index contributed by atoms with van der Waals surface area (Å²) in [6, 6.07) is 8.00. The number of pyridine rings is 1. The van der Waals surface area contributed by atoms with Gasteiger partial charge in [-0.2, -0.15) is 4.39 Å². The first kappa shape index (κ1) is 13.5. The zero-order valence-corrected chi connectivity index (χ0v) is 11.6. The van der Waals surface area contributed by atoms with Gasteiger partial charge < -0.3 is 10.1 Å². The van der Waals surface area contributed by atoms with Gasteiger partial charge in [-0.05, 0) is 30.3 Å². The number of carbonyl (C=O) groups excluding carboxylic acids is 1. The van der Waals surface area contributed by atoms with E-state index in [0.29, 0.717) is 11.4 Å². The van der Waals surface area contributed by atoms with Gasteiger partial charge in [0, 0.05) is 10.7 Å². The maximum Gasteiger partial charge on any atom is 0.260 e. The summed E-state index contributed by atoms with van der Waals surface area (Å²) in [4.78, 5) is 15.4. The SMILES string of the molecule is COc1ccc(Br)cc1NC(=O)c1cccnc1F. The fraction of sp³-hybridized carbons (Fsp3) is 0.0769. The van der Waals surface area contributed by atoms with Crippen molar-refractivity contribution in [2.24, 2.45) is 0 Å². The predicted molar refractivity (Wildman–Crippen MR) is 72.8 cm³/mol. The topological polar surface area (TPSA) is 51.2 Å². The minimum Gasteiger partial charge on any atom is -0.495 e. The lowest BCUT2D eigenvalue weighted by Crippen LogP contribution is -2.15. The summed E-state index contributed by atoms with van der Waals surface area (Å²) in [6.45, 7) is 0. The second-order valence-corrected chi connectivity index (χ2v) is 4.56. The molecule has 1 amide bonds. The van der Waals surface area contributed by atoms with Gasteiger partial charge in [0.2, 0.25) is 5.95 Å². The average Bonchev–Trinajstić information content (AvgIpc) is 2.39. The molecule has 0 aliphatic rings. The Morgan fingerprint density at radius 2 is 2.21 bits per heavy atom. The summed E-state index contributed by atoms with van der Waals surface area (Å²) in [5, 5.41) is 2.59. The maximum absolute atomic E-state index is 13.4. The third-order valence-corrected chi connectivity index (χ3v) is 2.91. The van der Waals surface area contributed by atoms with Crippen LogP contribution in [0.15, 0.2) is 41.0 Å². The number of nitrogens with one attached hydrogen (secondary N) is 1. The van der Waals surface area contributed by atoms with E-state index >= 15 is 0 Å². The highest BCUT2D eigenvalue weighted by molar-refractivity contribution is 9.10. The summed E-state index contributed by atoms with van der Waals surface area (Å²) >= 11 is 3.29. The Bertz CT molecular complexity index is 619. The molecule has 1 N–H and O–H groups in total. The van der Waals surface area contributed by atoms with E-state index in [1.807, 2.05) is 0 Å². The van der Waals surface area contributed by atoms with E-state index < -0.39 is 11.9 Å². The largest absolute Gasteiger partial charge is 0.495 e. The van der Waals surface area contributed by atoms with Gasteiger partial charge in [0.15, 0.2) is 0 Å². The molecule has 0 spiro atoms. The number of rotatable bonds is 3. The Balaban J connectivity index is 2.29. The fourth-order valence-electron chi connectivity index (χ4n) is 1.52. The van der Waals surface area contributed by atoms with Gasteiger partial charge in [0.25, 0.3) is 5.91 Å². The second kappa shape index (κ2) is 5.79. The number of halogens is 2. The summed E-state index contributed by atoms with van der Waals surface area (Å²) in [5.74, 6) is -0.906. The quantitative estimate of drug-likeness (QED) is 0.882. The standard InChI is InChI=1S/C13H10BrFN2O2/c1-19-11-5-4-8(14)7-10(11)17-13(18)9-3-2-6-16-12(9)15/h2-7H,1H3,(H,17,18). The summed E-state index contributed by atoms with van der Waals surface area (Å²) < 4.78 is 19.3. The van der Waals surface area contributed by atoms with E-state index in [4.69, 9.17) is 4.74 Å². The molecule has 0 aliphatic carbocycles. The Labute approximate surface area is 117 Å². The van der Waals surface area contributed by atoms with Crippen molar-refractivity contribution in [2.75, 3.05) is 12.4 Å². The van der Waals surface area contributed by atoms with Gasteiger partial charge in [-0.1, -0.05) is 15.9 Å². The molecule has 0 saturated carbocycles. The molecule has 0 bridgehead atoms. The lowest BCUT2D eigenvalue weighted by Gasteiger charge is -2.10. The molecular weight excluding hydrogens is 315 g/mol. The Morgan fingerprint density at radius 1 is 1.42 bits per heavy atom. The summed E-state index contributed by atoms with van der Waals surface area (Å²) in [6.07, 6.45) is 1.28. The first-order valence-corrected chi connectivity index (χ1v) is 6.16. The molecule has 2 rings (SSSR count). The zero-order valence-electron chi connectivity index (χ0n) is 9.98. The van der Waals surface area contributed by atoms with Gasteiger partial charge in [-0.25, -0.2) is 4.98 Å². The highest BCUT2D eigenvalue weighted by Crippen LogP contribution is 2.28. The second-order valence-electron chi connectivity index (χ2n) is 3.64. The van der Waals surface area contributed by atoms with Crippen LogP contribution in [0.1, 0.15) is 10.4 Å². The van der Waals surface area contributed by atoms with Crippen LogP contribution in [-0.2, 0) is 0 Å². The van der Waals surface area contributed by atoms with Crippen molar-refractivity contribution in [1.82, 2.24) is 4.98 Å². The van der Waals surface area contributed by atoms with E-state index in [2.05, 4.69) is 26.2 Å². The number of hydrogen-bond acceptors (Lipinski definition) is 3. The number of anilines is 1. The third kappa shape index (κ3) is 3.08. The molecule has 0 fully saturated rings. The first-order chi connectivity index (χ1) is 9.11. The average molecular weight is 325 g/mol. The van der Waals surface area contributed by atoms with Crippen LogP contribution in [0.4, 0.5) is 10.1 Å². The van der Waals surface area contributed by atoms with E-state index in [0.717, 1.165) is 4.47 Å². The van der Waals surface area contributed by atoms with E-state index in [1.165, 1.54) is 25.4 Å². The highest BCUT2D eigenvalue weighted by Gasteiger charge is 2.14. The van der Waals surface area contributed by atoms with E-state index in [-0.39, 0.29) is 5.56 Å². The van der Waals surface area contributed by atoms with Crippen molar-refractivity contribution < 1.29 is 13.9 Å². The number of benzene rings is 1. The van der Waals surface area contributed by atoms with Gasteiger partial charge in [0.05, 0.1) is 18.4 Å². The fourth-order valence-corrected chi connectivity index (χ4v) is 1.88. The molecule has 19 heavy (non-hydrogen) atoms. The van der Waals surface area contributed by atoms with Crippen LogP contribution in [0.25, 0.3) is 0 Å². The van der Waals surface area contributed by atoms with Crippen LogP contribution in [0, 0.1) is 5.95 Å². The molecule has 0 saturated heterocycles. The van der Waals surface area contributed by atoms with E-state index in [9.17, 15) is 9.18 Å². The lowest BCUT2D eigenvalue weighted by atomic mass is 10.2.